The van der Waals surface area contributed by atoms with Crippen molar-refractivity contribution in [2.24, 2.45) is 0 Å². The fourth-order valence-corrected chi connectivity index (χ4v) is 9.68. The molecule has 0 radical (unpaired) electrons. The van der Waals surface area contributed by atoms with Gasteiger partial charge in [-0.15, -0.1) is 6.58 Å². The van der Waals surface area contributed by atoms with E-state index in [-0.39, 0.29) is 0 Å². The van der Waals surface area contributed by atoms with Crippen molar-refractivity contribution < 1.29 is 4.43 Å². The molecule has 0 spiro atoms. The van der Waals surface area contributed by atoms with Gasteiger partial charge in [-0.1, -0.05) is 69.9 Å². The maximum atomic E-state index is 6.69. The van der Waals surface area contributed by atoms with Crippen LogP contribution in [0.5, 0.6) is 0 Å². The molecule has 0 aromatic carbocycles. The van der Waals surface area contributed by atoms with Crippen molar-refractivity contribution in [1.82, 2.24) is 0 Å². The van der Waals surface area contributed by atoms with Gasteiger partial charge in [-0.3, -0.25) is 0 Å². The molecule has 0 aromatic heterocycles. The predicted molar refractivity (Wildman–Crippen MR) is 85.8 cm³/mol. The summed E-state index contributed by atoms with van der Waals surface area (Å²) in [4.78, 5) is 0. The molecular formula is C17H32OSi. The van der Waals surface area contributed by atoms with Crippen LogP contribution >= 0.6 is 0 Å². The predicted octanol–water partition coefficient (Wildman–Crippen LogP) is 5.75. The Labute approximate surface area is 120 Å². The van der Waals surface area contributed by atoms with Crippen molar-refractivity contribution in [3.63, 3.8) is 0 Å². The van der Waals surface area contributed by atoms with Gasteiger partial charge in [-0.25, -0.2) is 0 Å². The Morgan fingerprint density at radius 1 is 0.895 bits per heavy atom. The topological polar surface area (TPSA) is 9.23 Å². The first kappa shape index (κ1) is 15.3. The van der Waals surface area contributed by atoms with Gasteiger partial charge in [0, 0.05) is 6.10 Å². The van der Waals surface area contributed by atoms with Gasteiger partial charge >= 0.3 is 0 Å². The van der Waals surface area contributed by atoms with Crippen LogP contribution in [0.15, 0.2) is 12.3 Å². The second-order valence-corrected chi connectivity index (χ2v) is 10.9. The number of hydrogen-bond donors (Lipinski definition) is 0. The molecule has 0 aromatic rings. The van der Waals surface area contributed by atoms with Gasteiger partial charge in [0.1, 0.15) is 0 Å². The van der Waals surface area contributed by atoms with Crippen LogP contribution < -0.4 is 0 Å². The zero-order valence-corrected chi connectivity index (χ0v) is 14.0. The van der Waals surface area contributed by atoms with E-state index in [1.54, 1.807) is 0 Å². The van der Waals surface area contributed by atoms with Crippen molar-refractivity contribution in [3.8, 4) is 0 Å². The van der Waals surface area contributed by atoms with Gasteiger partial charge in [0.2, 0.25) is 8.32 Å². The fraction of sp³-hybridized carbons (Fsp3) is 0.882. The normalized spacial score (nSPS) is 23.7. The molecule has 0 bridgehead atoms. The molecule has 0 N–H and O–H groups in total. The first-order valence-electron chi connectivity index (χ1n) is 8.50. The Morgan fingerprint density at radius 3 is 1.63 bits per heavy atom. The first-order chi connectivity index (χ1) is 9.19. The van der Waals surface area contributed by atoms with E-state index >= 15 is 0 Å². The highest BCUT2D eigenvalue weighted by Gasteiger charge is 2.48. The van der Waals surface area contributed by atoms with Crippen molar-refractivity contribution >= 4 is 8.32 Å². The summed E-state index contributed by atoms with van der Waals surface area (Å²) < 4.78 is 6.69. The van der Waals surface area contributed by atoms with Gasteiger partial charge < -0.3 is 4.43 Å². The van der Waals surface area contributed by atoms with Crippen molar-refractivity contribution in [3.05, 3.63) is 12.3 Å². The Hall–Kier alpha value is -0.0831. The van der Waals surface area contributed by atoms with Crippen molar-refractivity contribution in [2.75, 3.05) is 0 Å². The highest BCUT2D eigenvalue weighted by Crippen LogP contribution is 2.49. The first-order valence-corrected chi connectivity index (χ1v) is 10.6. The largest absolute Gasteiger partial charge is 0.410 e. The third-order valence-electron chi connectivity index (χ3n) is 5.25. The van der Waals surface area contributed by atoms with Crippen LogP contribution in [0.25, 0.3) is 0 Å². The van der Waals surface area contributed by atoms with E-state index in [4.69, 9.17) is 4.43 Å². The third kappa shape index (κ3) is 3.52. The highest BCUT2D eigenvalue weighted by molar-refractivity contribution is 6.81. The third-order valence-corrected chi connectivity index (χ3v) is 10.5. The second-order valence-electron chi connectivity index (χ2n) is 6.89. The molecule has 1 nitrogen and oxygen atoms in total. The van der Waals surface area contributed by atoms with E-state index in [2.05, 4.69) is 26.1 Å². The lowest BCUT2D eigenvalue weighted by atomic mass is 9.99. The van der Waals surface area contributed by atoms with E-state index in [0.717, 1.165) is 11.1 Å². The summed E-state index contributed by atoms with van der Waals surface area (Å²) in [6.45, 7) is 8.71. The maximum absolute atomic E-state index is 6.69. The van der Waals surface area contributed by atoms with E-state index in [1.807, 2.05) is 0 Å². The van der Waals surface area contributed by atoms with Gasteiger partial charge in [-0.05, 0) is 24.9 Å². The standard InChI is InChI=1S/C17H32OSi/c1-4-19(18-15(2)3,16-11-7-5-8-12-16)17-13-9-6-10-14-17/h4,15-17H,1,5-14H2,2-3H3. The average molecular weight is 281 g/mol. The second kappa shape index (κ2) is 7.08. The average Bonchev–Trinajstić information content (AvgIpc) is 2.46. The molecule has 2 rings (SSSR count). The lowest BCUT2D eigenvalue weighted by molar-refractivity contribution is 0.206. The van der Waals surface area contributed by atoms with Gasteiger partial charge in [0.15, 0.2) is 0 Å². The summed E-state index contributed by atoms with van der Waals surface area (Å²) in [5.41, 5.74) is 4.03. The summed E-state index contributed by atoms with van der Waals surface area (Å²) in [6.07, 6.45) is 14.5. The van der Waals surface area contributed by atoms with Gasteiger partial charge in [-0.2, -0.15) is 0 Å². The van der Waals surface area contributed by atoms with E-state index in [9.17, 15) is 0 Å². The van der Waals surface area contributed by atoms with E-state index in [1.165, 1.54) is 64.2 Å². The minimum Gasteiger partial charge on any atom is -0.410 e. The van der Waals surface area contributed by atoms with Gasteiger partial charge in [0.05, 0.1) is 0 Å². The molecular weight excluding hydrogens is 248 g/mol. The maximum Gasteiger partial charge on any atom is 0.222 e. The molecule has 2 aliphatic rings. The minimum atomic E-state index is -1.77. The smallest absolute Gasteiger partial charge is 0.222 e. The fourth-order valence-electron chi connectivity index (χ4n) is 4.42. The molecule has 19 heavy (non-hydrogen) atoms. The number of rotatable bonds is 5. The highest BCUT2D eigenvalue weighted by atomic mass is 28.4. The van der Waals surface area contributed by atoms with Crippen LogP contribution in [0.4, 0.5) is 0 Å². The molecule has 0 atom stereocenters. The molecule has 0 amide bonds. The Balaban J connectivity index is 2.20. The van der Waals surface area contributed by atoms with Crippen LogP contribution in [0.3, 0.4) is 0 Å². The van der Waals surface area contributed by atoms with Crippen molar-refractivity contribution in [1.29, 1.82) is 0 Å². The quantitative estimate of drug-likeness (QED) is 0.583. The molecule has 2 fully saturated rings. The summed E-state index contributed by atoms with van der Waals surface area (Å²) in [6, 6.07) is 0. The summed E-state index contributed by atoms with van der Waals surface area (Å²) in [7, 11) is -1.77. The van der Waals surface area contributed by atoms with Crippen LogP contribution in [-0.2, 0) is 4.43 Å². The van der Waals surface area contributed by atoms with Crippen LogP contribution in [0.1, 0.15) is 78.1 Å². The Kier molecular flexibility index (Phi) is 5.70. The summed E-state index contributed by atoms with van der Waals surface area (Å²) >= 11 is 0. The van der Waals surface area contributed by atoms with Crippen LogP contribution in [-0.4, -0.2) is 14.4 Å². The van der Waals surface area contributed by atoms with Gasteiger partial charge in [0.25, 0.3) is 0 Å². The van der Waals surface area contributed by atoms with Crippen LogP contribution in [0.2, 0.25) is 11.1 Å². The van der Waals surface area contributed by atoms with Crippen molar-refractivity contribution in [2.45, 2.75) is 95.2 Å². The van der Waals surface area contributed by atoms with Crippen LogP contribution in [0, 0.1) is 0 Å². The Morgan fingerprint density at radius 2 is 1.32 bits per heavy atom. The molecule has 2 heteroatoms. The molecule has 2 aliphatic carbocycles. The summed E-state index contributed by atoms with van der Waals surface area (Å²) in [5, 5.41) is 0. The zero-order chi connectivity index (χ0) is 13.7. The SMILES string of the molecule is C=C[Si](OC(C)C)(C1CCCCC1)C1CCCCC1. The molecule has 0 aliphatic heterocycles. The molecule has 0 unspecified atom stereocenters. The monoisotopic (exact) mass is 280 g/mol. The zero-order valence-electron chi connectivity index (χ0n) is 13.0. The summed E-state index contributed by atoms with van der Waals surface area (Å²) in [5.74, 6) is 0. The number of hydrogen-bond acceptors (Lipinski definition) is 1. The van der Waals surface area contributed by atoms with E-state index in [0.29, 0.717) is 6.10 Å². The molecule has 110 valence electrons. The molecule has 2 saturated carbocycles. The molecule has 0 heterocycles. The Bertz CT molecular complexity index is 257. The lowest BCUT2D eigenvalue weighted by Gasteiger charge is -2.46. The van der Waals surface area contributed by atoms with E-state index < -0.39 is 8.32 Å². The minimum absolute atomic E-state index is 0.369. The lowest BCUT2D eigenvalue weighted by Crippen LogP contribution is -2.49. The molecule has 0 saturated heterocycles.